The monoisotopic (exact) mass is 319 g/mol. The standard InChI is InChI=1S/C14H11ClN4O3/c15-12-5-4-11(8-13(12)19(21)22)9-16-17-14(20)10-18-6-2-1-3-7-18/h1-9H,10H2/p+1/b16-9-. The molecule has 0 saturated heterocycles. The van der Waals surface area contributed by atoms with Crippen molar-refractivity contribution < 1.29 is 14.3 Å². The topological polar surface area (TPSA) is 88.5 Å². The SMILES string of the molecule is O=C(C[n+]1ccccc1)N/N=C\c1ccc(Cl)c([N+](=O)[O-])c1. The molecule has 112 valence electrons. The van der Waals surface area contributed by atoms with Crippen LogP contribution >= 0.6 is 11.6 Å². The van der Waals surface area contributed by atoms with Gasteiger partial charge in [0.1, 0.15) is 5.02 Å². The van der Waals surface area contributed by atoms with Crippen LogP contribution in [0.5, 0.6) is 0 Å². The molecule has 0 aliphatic rings. The molecule has 0 radical (unpaired) electrons. The summed E-state index contributed by atoms with van der Waals surface area (Å²) < 4.78 is 1.69. The van der Waals surface area contributed by atoms with Crippen LogP contribution in [0.25, 0.3) is 0 Å². The summed E-state index contributed by atoms with van der Waals surface area (Å²) in [7, 11) is 0. The van der Waals surface area contributed by atoms with E-state index in [2.05, 4.69) is 10.5 Å². The van der Waals surface area contributed by atoms with Crippen molar-refractivity contribution in [2.45, 2.75) is 6.54 Å². The molecular weight excluding hydrogens is 308 g/mol. The van der Waals surface area contributed by atoms with Crippen LogP contribution in [0.2, 0.25) is 5.02 Å². The number of nitrogens with one attached hydrogen (secondary N) is 1. The predicted molar refractivity (Wildman–Crippen MR) is 80.5 cm³/mol. The van der Waals surface area contributed by atoms with E-state index in [0.717, 1.165) is 0 Å². The molecule has 1 aromatic carbocycles. The summed E-state index contributed by atoms with van der Waals surface area (Å²) in [5.74, 6) is -0.309. The van der Waals surface area contributed by atoms with Crippen LogP contribution < -0.4 is 9.99 Å². The number of nitrogens with zero attached hydrogens (tertiary/aromatic N) is 3. The lowest BCUT2D eigenvalue weighted by Crippen LogP contribution is -2.40. The van der Waals surface area contributed by atoms with Crippen molar-refractivity contribution in [3.63, 3.8) is 0 Å². The number of aromatic nitrogens is 1. The summed E-state index contributed by atoms with van der Waals surface area (Å²) in [6.07, 6.45) is 4.83. The predicted octanol–water partition coefficient (Wildman–Crippen LogP) is 1.69. The Labute approximate surface area is 131 Å². The zero-order valence-electron chi connectivity index (χ0n) is 11.3. The summed E-state index contributed by atoms with van der Waals surface area (Å²) in [6, 6.07) is 9.72. The van der Waals surface area contributed by atoms with Gasteiger partial charge in [-0.2, -0.15) is 9.67 Å². The van der Waals surface area contributed by atoms with Crippen LogP contribution in [0.4, 0.5) is 5.69 Å². The van der Waals surface area contributed by atoms with Gasteiger partial charge in [-0.3, -0.25) is 14.9 Å². The molecule has 2 rings (SSSR count). The number of pyridine rings is 1. The number of hydrazone groups is 1. The highest BCUT2D eigenvalue weighted by Gasteiger charge is 2.12. The molecule has 1 N–H and O–H groups in total. The smallest absolute Gasteiger partial charge is 0.266 e. The molecule has 1 heterocycles. The number of hydrogen-bond acceptors (Lipinski definition) is 4. The fourth-order valence-corrected chi connectivity index (χ4v) is 1.86. The van der Waals surface area contributed by atoms with Crippen LogP contribution in [-0.2, 0) is 11.3 Å². The first-order valence-electron chi connectivity index (χ1n) is 6.26. The second-order valence-corrected chi connectivity index (χ2v) is 4.72. The van der Waals surface area contributed by atoms with E-state index in [9.17, 15) is 14.9 Å². The van der Waals surface area contributed by atoms with Crippen LogP contribution in [0.15, 0.2) is 53.9 Å². The van der Waals surface area contributed by atoms with Gasteiger partial charge in [0.2, 0.25) is 6.54 Å². The van der Waals surface area contributed by atoms with Gasteiger partial charge in [-0.25, -0.2) is 5.43 Å². The number of carbonyl (C=O) groups is 1. The third kappa shape index (κ3) is 4.35. The van der Waals surface area contributed by atoms with Gasteiger partial charge in [0.05, 0.1) is 11.1 Å². The van der Waals surface area contributed by atoms with Crippen molar-refractivity contribution in [3.05, 3.63) is 69.5 Å². The van der Waals surface area contributed by atoms with Crippen LogP contribution in [-0.4, -0.2) is 17.0 Å². The normalized spacial score (nSPS) is 10.6. The second kappa shape index (κ2) is 7.28. The lowest BCUT2D eigenvalue weighted by molar-refractivity contribution is -0.684. The number of rotatable bonds is 5. The second-order valence-electron chi connectivity index (χ2n) is 4.31. The number of nitro groups is 1. The van der Waals surface area contributed by atoms with Crippen molar-refractivity contribution in [2.24, 2.45) is 5.10 Å². The first-order valence-corrected chi connectivity index (χ1v) is 6.64. The van der Waals surface area contributed by atoms with Gasteiger partial charge in [-0.1, -0.05) is 23.7 Å². The summed E-state index contributed by atoms with van der Waals surface area (Å²) in [5.41, 5.74) is 2.60. The fourth-order valence-electron chi connectivity index (χ4n) is 1.67. The molecule has 0 aliphatic carbocycles. The molecule has 0 atom stereocenters. The highest BCUT2D eigenvalue weighted by molar-refractivity contribution is 6.32. The number of carbonyl (C=O) groups excluding carboxylic acids is 1. The summed E-state index contributed by atoms with van der Waals surface area (Å²) in [5, 5.41) is 14.6. The molecule has 0 saturated carbocycles. The van der Waals surface area contributed by atoms with Crippen molar-refractivity contribution in [2.75, 3.05) is 0 Å². The van der Waals surface area contributed by atoms with Gasteiger partial charge in [0.25, 0.3) is 5.69 Å². The number of halogens is 1. The first-order chi connectivity index (χ1) is 10.6. The molecule has 0 aliphatic heterocycles. The van der Waals surface area contributed by atoms with E-state index in [4.69, 9.17) is 11.6 Å². The average molecular weight is 320 g/mol. The van der Waals surface area contributed by atoms with E-state index in [-0.39, 0.29) is 23.2 Å². The van der Waals surface area contributed by atoms with E-state index in [1.807, 2.05) is 18.2 Å². The molecule has 22 heavy (non-hydrogen) atoms. The van der Waals surface area contributed by atoms with Gasteiger partial charge in [-0.05, 0) is 6.07 Å². The Morgan fingerprint density at radius 2 is 2.09 bits per heavy atom. The lowest BCUT2D eigenvalue weighted by atomic mass is 10.2. The van der Waals surface area contributed by atoms with Crippen LogP contribution in [0.1, 0.15) is 5.56 Å². The maximum Gasteiger partial charge on any atom is 0.305 e. The van der Waals surface area contributed by atoms with Crippen molar-refractivity contribution >= 4 is 29.4 Å². The van der Waals surface area contributed by atoms with Crippen molar-refractivity contribution in [1.82, 2.24) is 5.43 Å². The van der Waals surface area contributed by atoms with E-state index in [0.29, 0.717) is 5.56 Å². The quantitative estimate of drug-likeness (QED) is 0.393. The lowest BCUT2D eigenvalue weighted by Gasteiger charge is -1.98. The molecular formula is C14H12ClN4O3+. The Kier molecular flexibility index (Phi) is 5.16. The van der Waals surface area contributed by atoms with E-state index < -0.39 is 4.92 Å². The summed E-state index contributed by atoms with van der Waals surface area (Å²) >= 11 is 5.71. The zero-order chi connectivity index (χ0) is 15.9. The highest BCUT2D eigenvalue weighted by atomic mass is 35.5. The minimum atomic E-state index is -0.579. The van der Waals surface area contributed by atoms with Gasteiger partial charge < -0.3 is 0 Å². The maximum atomic E-state index is 11.7. The fraction of sp³-hybridized carbons (Fsp3) is 0.0714. The largest absolute Gasteiger partial charge is 0.305 e. The van der Waals surface area contributed by atoms with E-state index >= 15 is 0 Å². The Hall–Kier alpha value is -2.80. The Balaban J connectivity index is 1.96. The molecule has 1 amide bonds. The van der Waals surface area contributed by atoms with Crippen molar-refractivity contribution in [3.8, 4) is 0 Å². The molecule has 0 bridgehead atoms. The Morgan fingerprint density at radius 1 is 1.36 bits per heavy atom. The maximum absolute atomic E-state index is 11.7. The van der Waals surface area contributed by atoms with E-state index in [1.165, 1.54) is 18.3 Å². The van der Waals surface area contributed by atoms with Crippen molar-refractivity contribution in [1.29, 1.82) is 0 Å². The summed E-state index contributed by atoms with van der Waals surface area (Å²) in [4.78, 5) is 21.8. The molecule has 0 spiro atoms. The Morgan fingerprint density at radius 3 is 2.77 bits per heavy atom. The molecule has 2 aromatic rings. The molecule has 0 fully saturated rings. The highest BCUT2D eigenvalue weighted by Crippen LogP contribution is 2.24. The van der Waals surface area contributed by atoms with Gasteiger partial charge in [0, 0.05) is 23.8 Å². The number of amides is 1. The molecule has 1 aromatic heterocycles. The first kappa shape index (κ1) is 15.6. The number of hydrogen-bond donors (Lipinski definition) is 1. The molecule has 7 nitrogen and oxygen atoms in total. The summed E-state index contributed by atoms with van der Waals surface area (Å²) in [6.45, 7) is 0.124. The molecule has 0 unspecified atom stereocenters. The third-order valence-corrected chi connectivity index (χ3v) is 2.99. The minimum absolute atomic E-state index is 0.0478. The average Bonchev–Trinajstić information content (AvgIpc) is 2.49. The number of benzene rings is 1. The van der Waals surface area contributed by atoms with Crippen LogP contribution in [0.3, 0.4) is 0 Å². The Bertz CT molecular complexity index is 719. The van der Waals surface area contributed by atoms with Gasteiger partial charge in [0.15, 0.2) is 12.4 Å². The van der Waals surface area contributed by atoms with E-state index in [1.54, 1.807) is 23.0 Å². The third-order valence-electron chi connectivity index (χ3n) is 2.67. The zero-order valence-corrected chi connectivity index (χ0v) is 12.1. The van der Waals surface area contributed by atoms with Crippen LogP contribution in [0, 0.1) is 10.1 Å². The van der Waals surface area contributed by atoms with Gasteiger partial charge in [-0.15, -0.1) is 0 Å². The minimum Gasteiger partial charge on any atom is -0.266 e. The number of nitro benzene ring substituents is 1. The molecule has 8 heteroatoms. The van der Waals surface area contributed by atoms with Gasteiger partial charge >= 0.3 is 5.91 Å².